The Bertz CT molecular complexity index is 360. The highest BCUT2D eigenvalue weighted by Crippen LogP contribution is 2.00. The molecule has 0 saturated carbocycles. The fourth-order valence-electron chi connectivity index (χ4n) is 2.52. The van der Waals surface area contributed by atoms with Gasteiger partial charge in [0.25, 0.3) is 0 Å². The number of piperazine rings is 1. The van der Waals surface area contributed by atoms with Crippen LogP contribution >= 0.6 is 24.0 Å². The van der Waals surface area contributed by atoms with Crippen molar-refractivity contribution in [3.8, 4) is 0 Å². The summed E-state index contributed by atoms with van der Waals surface area (Å²) in [5, 5.41) is 6.66. The summed E-state index contributed by atoms with van der Waals surface area (Å²) in [5.41, 5.74) is 0. The zero-order valence-electron chi connectivity index (χ0n) is 15.3. The van der Waals surface area contributed by atoms with E-state index in [4.69, 9.17) is 4.74 Å². The number of ether oxygens (including phenoxy) is 1. The SMILES string of the molecule is CCOCCCCNC(=NC)NCCN1CCN(C(C)=O)CC1.I. The number of guanidine groups is 1. The third-order valence-electron chi connectivity index (χ3n) is 3.97. The number of aliphatic imine (C=N–C) groups is 1. The van der Waals surface area contributed by atoms with Crippen molar-refractivity contribution in [3.05, 3.63) is 0 Å². The molecule has 0 unspecified atom stereocenters. The summed E-state index contributed by atoms with van der Waals surface area (Å²) in [6, 6.07) is 0. The number of unbranched alkanes of at least 4 members (excludes halogenated alkanes) is 1. The van der Waals surface area contributed by atoms with Crippen molar-refractivity contribution in [3.63, 3.8) is 0 Å². The van der Waals surface area contributed by atoms with Crippen LogP contribution in [0.15, 0.2) is 4.99 Å². The molecule has 0 spiro atoms. The number of hydrogen-bond acceptors (Lipinski definition) is 4. The molecule has 2 N–H and O–H groups in total. The number of nitrogens with one attached hydrogen (secondary N) is 2. The summed E-state index contributed by atoms with van der Waals surface area (Å²) in [6.07, 6.45) is 2.14. The van der Waals surface area contributed by atoms with Crippen LogP contribution in [-0.4, -0.2) is 87.7 Å². The molecule has 1 aliphatic heterocycles. The van der Waals surface area contributed by atoms with Gasteiger partial charge < -0.3 is 20.3 Å². The van der Waals surface area contributed by atoms with Crippen LogP contribution in [0.5, 0.6) is 0 Å². The maximum atomic E-state index is 11.3. The van der Waals surface area contributed by atoms with Gasteiger partial charge in [-0.15, -0.1) is 24.0 Å². The summed E-state index contributed by atoms with van der Waals surface area (Å²) in [7, 11) is 1.79. The van der Waals surface area contributed by atoms with E-state index in [0.717, 1.165) is 77.8 Å². The van der Waals surface area contributed by atoms with Crippen LogP contribution in [0, 0.1) is 0 Å². The second-order valence-corrected chi connectivity index (χ2v) is 5.68. The molecule has 0 aromatic rings. The van der Waals surface area contributed by atoms with E-state index >= 15 is 0 Å². The first-order valence-electron chi connectivity index (χ1n) is 8.67. The first-order chi connectivity index (χ1) is 11.2. The maximum Gasteiger partial charge on any atom is 0.219 e. The predicted molar refractivity (Wildman–Crippen MR) is 109 cm³/mol. The molecule has 0 radical (unpaired) electrons. The number of carbonyl (C=O) groups excluding carboxylic acids is 1. The first kappa shape index (κ1) is 23.4. The number of nitrogens with zero attached hydrogens (tertiary/aromatic N) is 3. The third-order valence-corrected chi connectivity index (χ3v) is 3.97. The van der Waals surface area contributed by atoms with Crippen LogP contribution in [0.2, 0.25) is 0 Å². The molecule has 0 aliphatic carbocycles. The van der Waals surface area contributed by atoms with E-state index in [-0.39, 0.29) is 29.9 Å². The van der Waals surface area contributed by atoms with E-state index in [2.05, 4.69) is 20.5 Å². The molecule has 1 saturated heterocycles. The minimum absolute atomic E-state index is 0. The zero-order chi connectivity index (χ0) is 16.9. The maximum absolute atomic E-state index is 11.3. The van der Waals surface area contributed by atoms with E-state index in [1.165, 1.54) is 0 Å². The Balaban J connectivity index is 0.00000529. The van der Waals surface area contributed by atoms with Gasteiger partial charge in [0.2, 0.25) is 5.91 Å². The Morgan fingerprint density at radius 1 is 1.12 bits per heavy atom. The highest BCUT2D eigenvalue weighted by atomic mass is 127. The van der Waals surface area contributed by atoms with Crippen molar-refractivity contribution in [2.75, 3.05) is 66.1 Å². The second kappa shape index (κ2) is 14.7. The minimum Gasteiger partial charge on any atom is -0.382 e. The summed E-state index contributed by atoms with van der Waals surface area (Å²) in [5.74, 6) is 1.03. The lowest BCUT2D eigenvalue weighted by Gasteiger charge is -2.34. The van der Waals surface area contributed by atoms with Crippen molar-refractivity contribution in [1.29, 1.82) is 0 Å². The van der Waals surface area contributed by atoms with Gasteiger partial charge in [-0.3, -0.25) is 14.7 Å². The average molecular weight is 455 g/mol. The van der Waals surface area contributed by atoms with Crippen LogP contribution in [0.3, 0.4) is 0 Å². The quantitative estimate of drug-likeness (QED) is 0.233. The number of carbonyl (C=O) groups is 1. The standard InChI is InChI=1S/C16H33N5O2.HI/c1-4-23-14-6-5-7-18-16(17-3)19-8-9-20-10-12-21(13-11-20)15(2)22;/h4-14H2,1-3H3,(H2,17,18,19);1H. The fraction of sp³-hybridized carbons (Fsp3) is 0.875. The largest absolute Gasteiger partial charge is 0.382 e. The first-order valence-corrected chi connectivity index (χ1v) is 8.67. The fourth-order valence-corrected chi connectivity index (χ4v) is 2.52. The van der Waals surface area contributed by atoms with Gasteiger partial charge in [0, 0.05) is 73.0 Å². The van der Waals surface area contributed by atoms with E-state index < -0.39 is 0 Å². The van der Waals surface area contributed by atoms with Gasteiger partial charge in [0.05, 0.1) is 0 Å². The van der Waals surface area contributed by atoms with Crippen LogP contribution in [-0.2, 0) is 9.53 Å². The van der Waals surface area contributed by atoms with Gasteiger partial charge in [-0.05, 0) is 19.8 Å². The smallest absolute Gasteiger partial charge is 0.219 e. The molecule has 7 nitrogen and oxygen atoms in total. The molecular formula is C16H34IN5O2. The molecule has 1 amide bonds. The highest BCUT2D eigenvalue weighted by molar-refractivity contribution is 14.0. The Kier molecular flexibility index (Phi) is 14.3. The molecule has 142 valence electrons. The summed E-state index contributed by atoms with van der Waals surface area (Å²) < 4.78 is 5.32. The second-order valence-electron chi connectivity index (χ2n) is 5.68. The highest BCUT2D eigenvalue weighted by Gasteiger charge is 2.17. The average Bonchev–Trinajstić information content (AvgIpc) is 2.56. The summed E-state index contributed by atoms with van der Waals surface area (Å²) >= 11 is 0. The van der Waals surface area contributed by atoms with E-state index in [0.29, 0.717) is 0 Å². The molecule has 0 atom stereocenters. The number of amides is 1. The molecular weight excluding hydrogens is 421 g/mol. The van der Waals surface area contributed by atoms with E-state index in [1.54, 1.807) is 14.0 Å². The van der Waals surface area contributed by atoms with Gasteiger partial charge in [-0.2, -0.15) is 0 Å². The molecule has 8 heteroatoms. The summed E-state index contributed by atoms with van der Waals surface area (Å²) in [4.78, 5) is 19.8. The van der Waals surface area contributed by atoms with Gasteiger partial charge in [-0.1, -0.05) is 0 Å². The van der Waals surface area contributed by atoms with E-state index in [9.17, 15) is 4.79 Å². The molecule has 0 aromatic carbocycles. The van der Waals surface area contributed by atoms with Gasteiger partial charge in [-0.25, -0.2) is 0 Å². The normalized spacial score (nSPS) is 15.8. The van der Waals surface area contributed by atoms with Crippen LogP contribution in [0.4, 0.5) is 0 Å². The molecule has 0 bridgehead atoms. The zero-order valence-corrected chi connectivity index (χ0v) is 17.7. The molecule has 0 aromatic heterocycles. The number of hydrogen-bond donors (Lipinski definition) is 2. The molecule has 1 aliphatic rings. The third kappa shape index (κ3) is 10.3. The van der Waals surface area contributed by atoms with E-state index in [1.807, 2.05) is 11.8 Å². The van der Waals surface area contributed by atoms with Gasteiger partial charge in [0.15, 0.2) is 5.96 Å². The Labute approximate surface area is 163 Å². The minimum atomic E-state index is 0. The number of rotatable bonds is 9. The Morgan fingerprint density at radius 3 is 2.38 bits per heavy atom. The Hall–Kier alpha value is -0.610. The van der Waals surface area contributed by atoms with Crippen LogP contribution in [0.1, 0.15) is 26.7 Å². The monoisotopic (exact) mass is 455 g/mol. The van der Waals surface area contributed by atoms with Gasteiger partial charge >= 0.3 is 0 Å². The molecule has 24 heavy (non-hydrogen) atoms. The van der Waals surface area contributed by atoms with Gasteiger partial charge in [0.1, 0.15) is 0 Å². The lowest BCUT2D eigenvalue weighted by atomic mass is 10.3. The van der Waals surface area contributed by atoms with Crippen molar-refractivity contribution >= 4 is 35.8 Å². The molecule has 1 heterocycles. The van der Waals surface area contributed by atoms with Crippen LogP contribution < -0.4 is 10.6 Å². The van der Waals surface area contributed by atoms with Crippen molar-refractivity contribution < 1.29 is 9.53 Å². The number of halogens is 1. The topological polar surface area (TPSA) is 69.2 Å². The summed E-state index contributed by atoms with van der Waals surface area (Å²) in [6.45, 7) is 11.6. The lowest BCUT2D eigenvalue weighted by molar-refractivity contribution is -0.130. The predicted octanol–water partition coefficient (Wildman–Crippen LogP) is 0.750. The van der Waals surface area contributed by atoms with Crippen molar-refractivity contribution in [2.24, 2.45) is 4.99 Å². The lowest BCUT2D eigenvalue weighted by Crippen LogP contribution is -2.50. The Morgan fingerprint density at radius 2 is 1.79 bits per heavy atom. The van der Waals surface area contributed by atoms with Crippen LogP contribution in [0.25, 0.3) is 0 Å². The molecule has 1 fully saturated rings. The molecule has 1 rings (SSSR count). The van der Waals surface area contributed by atoms with Crippen molar-refractivity contribution in [2.45, 2.75) is 26.7 Å². The van der Waals surface area contributed by atoms with Crippen molar-refractivity contribution in [1.82, 2.24) is 20.4 Å².